The molecule has 1 rings (SSSR count). The van der Waals surface area contributed by atoms with Crippen molar-refractivity contribution in [3.63, 3.8) is 0 Å². The molecule has 0 aliphatic carbocycles. The van der Waals surface area contributed by atoms with Crippen LogP contribution in [0.3, 0.4) is 0 Å². The van der Waals surface area contributed by atoms with Gasteiger partial charge in [-0.1, -0.05) is 13.0 Å². The number of benzene rings is 1. The van der Waals surface area contributed by atoms with Crippen LogP contribution in [-0.2, 0) is 6.42 Å². The van der Waals surface area contributed by atoms with Gasteiger partial charge in [0.1, 0.15) is 5.75 Å². The molecule has 0 aliphatic rings. The summed E-state index contributed by atoms with van der Waals surface area (Å²) in [5.41, 5.74) is 1.36. The van der Waals surface area contributed by atoms with Crippen molar-refractivity contribution >= 4 is 5.91 Å². The number of carbonyl (C=O) groups is 1. The number of rotatable bonds is 3. The summed E-state index contributed by atoms with van der Waals surface area (Å²) in [6, 6.07) is 5.01. The monoisotopic (exact) mass is 193 g/mol. The van der Waals surface area contributed by atoms with Gasteiger partial charge in [-0.15, -0.1) is 0 Å². The van der Waals surface area contributed by atoms with Crippen molar-refractivity contribution < 1.29 is 9.90 Å². The van der Waals surface area contributed by atoms with E-state index in [0.717, 1.165) is 12.0 Å². The Morgan fingerprint density at radius 2 is 2.14 bits per heavy atom. The van der Waals surface area contributed by atoms with Gasteiger partial charge in [-0.2, -0.15) is 0 Å². The number of amides is 1. The largest absolute Gasteiger partial charge is 0.508 e. The number of nitrogens with one attached hydrogen (secondary N) is 1. The van der Waals surface area contributed by atoms with Crippen LogP contribution >= 0.6 is 0 Å². The van der Waals surface area contributed by atoms with Crippen LogP contribution < -0.4 is 5.32 Å². The van der Waals surface area contributed by atoms with E-state index in [1.807, 2.05) is 13.8 Å². The first kappa shape index (κ1) is 10.6. The second kappa shape index (κ2) is 4.65. The molecule has 0 fully saturated rings. The Morgan fingerprint density at radius 1 is 1.43 bits per heavy atom. The van der Waals surface area contributed by atoms with Gasteiger partial charge >= 0.3 is 0 Å². The topological polar surface area (TPSA) is 49.3 Å². The van der Waals surface area contributed by atoms with E-state index in [-0.39, 0.29) is 11.7 Å². The van der Waals surface area contributed by atoms with Crippen LogP contribution in [0.5, 0.6) is 5.75 Å². The van der Waals surface area contributed by atoms with Gasteiger partial charge in [0.15, 0.2) is 0 Å². The summed E-state index contributed by atoms with van der Waals surface area (Å²) < 4.78 is 0. The lowest BCUT2D eigenvalue weighted by Crippen LogP contribution is -2.22. The molecule has 0 saturated carbocycles. The minimum absolute atomic E-state index is 0.148. The minimum atomic E-state index is -0.148. The molecule has 0 aliphatic heterocycles. The molecule has 0 aromatic heterocycles. The molecular weight excluding hydrogens is 178 g/mol. The quantitative estimate of drug-likeness (QED) is 0.767. The van der Waals surface area contributed by atoms with Gasteiger partial charge in [0, 0.05) is 12.1 Å². The minimum Gasteiger partial charge on any atom is -0.508 e. The van der Waals surface area contributed by atoms with Crippen LogP contribution in [0.4, 0.5) is 0 Å². The molecule has 0 saturated heterocycles. The first-order valence-corrected chi connectivity index (χ1v) is 4.79. The Morgan fingerprint density at radius 3 is 2.64 bits per heavy atom. The van der Waals surface area contributed by atoms with E-state index in [2.05, 4.69) is 5.32 Å². The fraction of sp³-hybridized carbons (Fsp3) is 0.364. The van der Waals surface area contributed by atoms with Gasteiger partial charge in [-0.05, 0) is 31.0 Å². The number of phenols is 1. The van der Waals surface area contributed by atoms with Gasteiger partial charge in [0.25, 0.3) is 5.91 Å². The highest BCUT2D eigenvalue weighted by atomic mass is 16.3. The second-order valence-electron chi connectivity index (χ2n) is 3.06. The molecule has 3 nitrogen and oxygen atoms in total. The first-order chi connectivity index (χ1) is 6.69. The lowest BCUT2D eigenvalue weighted by molar-refractivity contribution is 0.0955. The maximum Gasteiger partial charge on any atom is 0.251 e. The molecule has 14 heavy (non-hydrogen) atoms. The third-order valence-corrected chi connectivity index (χ3v) is 2.07. The summed E-state index contributed by atoms with van der Waals surface area (Å²) in [4.78, 5) is 11.4. The molecule has 0 radical (unpaired) electrons. The van der Waals surface area contributed by atoms with Crippen molar-refractivity contribution in [1.29, 1.82) is 0 Å². The molecule has 1 amide bonds. The number of aromatic hydroxyl groups is 1. The number of phenolic OH excluding ortho intramolecular Hbond substituents is 1. The summed E-state index contributed by atoms with van der Waals surface area (Å²) in [6.07, 6.45) is 0.765. The summed E-state index contributed by atoms with van der Waals surface area (Å²) in [5, 5.41) is 12.2. The van der Waals surface area contributed by atoms with Crippen LogP contribution in [-0.4, -0.2) is 17.6 Å². The number of hydrogen-bond acceptors (Lipinski definition) is 2. The van der Waals surface area contributed by atoms with Crippen LogP contribution in [0.1, 0.15) is 29.8 Å². The third-order valence-electron chi connectivity index (χ3n) is 2.07. The Hall–Kier alpha value is -1.51. The average molecular weight is 193 g/mol. The van der Waals surface area contributed by atoms with Crippen LogP contribution in [0, 0.1) is 0 Å². The number of aryl methyl sites for hydroxylation is 1. The molecule has 2 N–H and O–H groups in total. The summed E-state index contributed by atoms with van der Waals surface area (Å²) in [7, 11) is 0. The molecule has 1 aromatic carbocycles. The van der Waals surface area contributed by atoms with Crippen molar-refractivity contribution in [3.8, 4) is 5.75 Å². The van der Waals surface area contributed by atoms with Crippen LogP contribution in [0.15, 0.2) is 18.2 Å². The molecule has 0 bridgehead atoms. The molecule has 3 heteroatoms. The number of hydrogen-bond donors (Lipinski definition) is 2. The summed E-state index contributed by atoms with van der Waals surface area (Å²) >= 11 is 0. The highest BCUT2D eigenvalue weighted by Crippen LogP contribution is 2.18. The van der Waals surface area contributed by atoms with E-state index in [9.17, 15) is 9.90 Å². The fourth-order valence-corrected chi connectivity index (χ4v) is 1.27. The Kier molecular flexibility index (Phi) is 3.51. The predicted molar refractivity (Wildman–Crippen MR) is 55.5 cm³/mol. The predicted octanol–water partition coefficient (Wildman–Crippen LogP) is 1.70. The molecule has 1 aromatic rings. The average Bonchev–Trinajstić information content (AvgIpc) is 2.18. The summed E-state index contributed by atoms with van der Waals surface area (Å²) in [6.45, 7) is 4.41. The smallest absolute Gasteiger partial charge is 0.251 e. The lowest BCUT2D eigenvalue weighted by Gasteiger charge is -2.05. The van der Waals surface area contributed by atoms with Gasteiger partial charge in [-0.3, -0.25) is 4.79 Å². The molecule has 0 spiro atoms. The van der Waals surface area contributed by atoms with E-state index >= 15 is 0 Å². The van der Waals surface area contributed by atoms with Crippen molar-refractivity contribution in [2.24, 2.45) is 0 Å². The Balaban J connectivity index is 2.91. The normalized spacial score (nSPS) is 9.86. The van der Waals surface area contributed by atoms with E-state index < -0.39 is 0 Å². The molecule has 76 valence electrons. The van der Waals surface area contributed by atoms with Crippen molar-refractivity contribution in [3.05, 3.63) is 29.3 Å². The van der Waals surface area contributed by atoms with Crippen molar-refractivity contribution in [2.45, 2.75) is 20.3 Å². The van der Waals surface area contributed by atoms with E-state index in [0.29, 0.717) is 12.1 Å². The van der Waals surface area contributed by atoms with Gasteiger partial charge in [-0.25, -0.2) is 0 Å². The zero-order chi connectivity index (χ0) is 10.6. The molecule has 0 atom stereocenters. The Labute approximate surface area is 83.8 Å². The van der Waals surface area contributed by atoms with Gasteiger partial charge < -0.3 is 10.4 Å². The molecule has 0 heterocycles. The van der Waals surface area contributed by atoms with Gasteiger partial charge in [0.05, 0.1) is 0 Å². The van der Waals surface area contributed by atoms with E-state index in [1.165, 1.54) is 6.07 Å². The first-order valence-electron chi connectivity index (χ1n) is 4.79. The zero-order valence-electron chi connectivity index (χ0n) is 8.50. The number of carbonyl (C=O) groups excluding carboxylic acids is 1. The van der Waals surface area contributed by atoms with Crippen LogP contribution in [0.25, 0.3) is 0 Å². The van der Waals surface area contributed by atoms with Gasteiger partial charge in [0.2, 0.25) is 0 Å². The Bertz CT molecular complexity index is 334. The van der Waals surface area contributed by atoms with E-state index in [4.69, 9.17) is 0 Å². The molecular formula is C11H15NO2. The maximum atomic E-state index is 11.4. The summed E-state index contributed by atoms with van der Waals surface area (Å²) in [5.74, 6) is 0.0432. The highest BCUT2D eigenvalue weighted by molar-refractivity contribution is 5.94. The fourth-order valence-electron chi connectivity index (χ4n) is 1.27. The third kappa shape index (κ3) is 2.25. The zero-order valence-corrected chi connectivity index (χ0v) is 8.50. The maximum absolute atomic E-state index is 11.4. The molecule has 0 unspecified atom stereocenters. The SMILES string of the molecule is CCNC(=O)c1ccc(CC)c(O)c1. The lowest BCUT2D eigenvalue weighted by atomic mass is 10.1. The van der Waals surface area contributed by atoms with E-state index in [1.54, 1.807) is 12.1 Å². The van der Waals surface area contributed by atoms with Crippen LogP contribution in [0.2, 0.25) is 0 Å². The second-order valence-corrected chi connectivity index (χ2v) is 3.06. The van der Waals surface area contributed by atoms with Crippen molar-refractivity contribution in [2.75, 3.05) is 6.54 Å². The van der Waals surface area contributed by atoms with Crippen molar-refractivity contribution in [1.82, 2.24) is 5.32 Å². The highest BCUT2D eigenvalue weighted by Gasteiger charge is 2.06. The standard InChI is InChI=1S/C11H15NO2/c1-3-8-5-6-9(7-10(8)13)11(14)12-4-2/h5-7,13H,3-4H2,1-2H3,(H,12,14).